The van der Waals surface area contributed by atoms with Crippen LogP contribution in [0.2, 0.25) is 0 Å². The molecule has 6 rings (SSSR count). The van der Waals surface area contributed by atoms with Crippen molar-refractivity contribution in [2.75, 3.05) is 38.2 Å². The third-order valence-electron chi connectivity index (χ3n) is 7.58. The Labute approximate surface area is 230 Å². The Morgan fingerprint density at radius 1 is 1.00 bits per heavy atom. The molecule has 5 aromatic rings. The third kappa shape index (κ3) is 5.05. The normalized spacial score (nSPS) is 14.9. The van der Waals surface area contributed by atoms with Gasteiger partial charge in [0.25, 0.3) is 5.56 Å². The number of pyridine rings is 1. The summed E-state index contributed by atoms with van der Waals surface area (Å²) in [5.41, 5.74) is 4.26. The van der Waals surface area contributed by atoms with Crippen LogP contribution in [0, 0.1) is 12.7 Å². The second-order valence-electron chi connectivity index (χ2n) is 10.0. The summed E-state index contributed by atoms with van der Waals surface area (Å²) in [7, 11) is 1.64. The summed E-state index contributed by atoms with van der Waals surface area (Å²) in [6.45, 7) is 5.20. The van der Waals surface area contributed by atoms with Gasteiger partial charge in [0.05, 0.1) is 19.2 Å². The second kappa shape index (κ2) is 10.9. The van der Waals surface area contributed by atoms with Crippen LogP contribution in [-0.2, 0) is 6.54 Å². The van der Waals surface area contributed by atoms with Crippen molar-refractivity contribution >= 4 is 16.6 Å². The van der Waals surface area contributed by atoms with E-state index in [1.165, 1.54) is 12.1 Å². The van der Waals surface area contributed by atoms with Crippen molar-refractivity contribution in [1.29, 1.82) is 0 Å². The Morgan fingerprint density at radius 3 is 2.48 bits per heavy atom. The van der Waals surface area contributed by atoms with Gasteiger partial charge in [-0.1, -0.05) is 30.3 Å². The maximum Gasteiger partial charge on any atom is 0.253 e. The molecule has 0 bridgehead atoms. The van der Waals surface area contributed by atoms with Gasteiger partial charge in [0.1, 0.15) is 17.6 Å². The number of methoxy groups -OCH3 is 1. The summed E-state index contributed by atoms with van der Waals surface area (Å²) in [6.07, 6.45) is 0. The van der Waals surface area contributed by atoms with Gasteiger partial charge >= 0.3 is 0 Å². The van der Waals surface area contributed by atoms with Gasteiger partial charge in [-0.3, -0.25) is 9.69 Å². The first-order valence-corrected chi connectivity index (χ1v) is 13.3. The molecule has 40 heavy (non-hydrogen) atoms. The molecule has 0 radical (unpaired) electrons. The van der Waals surface area contributed by atoms with E-state index < -0.39 is 6.04 Å². The molecule has 0 amide bonds. The standard InChI is InChI=1S/C30H30FN7O2/c1-20-4-3-5-22-18-26(30(39)32-27(20)22)28(37-16-14-36(15-17-37)24-10-8-23(31)9-11-24)29-33-34-35-38(29)19-21-6-12-25(40-2)13-7-21/h3-13,18,28H,14-17,19H2,1-2H3,(H,32,39)/t28-/m1/s1. The number of hydrogen-bond acceptors (Lipinski definition) is 7. The molecule has 3 heterocycles. The number of aromatic nitrogens is 5. The zero-order chi connectivity index (χ0) is 27.6. The summed E-state index contributed by atoms with van der Waals surface area (Å²) in [5, 5.41) is 13.7. The molecule has 0 aliphatic carbocycles. The fourth-order valence-corrected chi connectivity index (χ4v) is 5.42. The number of H-pyrrole nitrogens is 1. The van der Waals surface area contributed by atoms with Gasteiger partial charge in [-0.15, -0.1) is 5.10 Å². The highest BCUT2D eigenvalue weighted by molar-refractivity contribution is 5.82. The molecule has 1 aliphatic heterocycles. The van der Waals surface area contributed by atoms with Crippen LogP contribution < -0.4 is 15.2 Å². The Balaban J connectivity index is 1.37. The Kier molecular flexibility index (Phi) is 7.00. The highest BCUT2D eigenvalue weighted by Crippen LogP contribution is 2.30. The fourth-order valence-electron chi connectivity index (χ4n) is 5.42. The summed E-state index contributed by atoms with van der Waals surface area (Å²) in [5.74, 6) is 1.12. The zero-order valence-electron chi connectivity index (χ0n) is 22.4. The molecule has 1 N–H and O–H groups in total. The molecule has 1 aliphatic rings. The molecule has 204 valence electrons. The number of nitrogens with one attached hydrogen (secondary N) is 1. The number of aryl methyl sites for hydroxylation is 1. The van der Waals surface area contributed by atoms with Gasteiger partial charge in [-0.05, 0) is 76.3 Å². The molecule has 10 heteroatoms. The van der Waals surface area contributed by atoms with Gasteiger partial charge in [-0.2, -0.15) is 0 Å². The van der Waals surface area contributed by atoms with Crippen molar-refractivity contribution in [2.45, 2.75) is 19.5 Å². The molecule has 1 saturated heterocycles. The van der Waals surface area contributed by atoms with Crippen LogP contribution in [0.5, 0.6) is 5.75 Å². The number of anilines is 1. The van der Waals surface area contributed by atoms with E-state index in [-0.39, 0.29) is 11.4 Å². The lowest BCUT2D eigenvalue weighted by atomic mass is 10.0. The molecule has 9 nitrogen and oxygen atoms in total. The maximum absolute atomic E-state index is 13.6. The van der Waals surface area contributed by atoms with Crippen molar-refractivity contribution in [3.05, 3.63) is 111 Å². The lowest BCUT2D eigenvalue weighted by molar-refractivity contribution is 0.200. The van der Waals surface area contributed by atoms with Crippen molar-refractivity contribution in [1.82, 2.24) is 30.1 Å². The number of piperazine rings is 1. The monoisotopic (exact) mass is 539 g/mol. The highest BCUT2D eigenvalue weighted by Gasteiger charge is 2.33. The lowest BCUT2D eigenvalue weighted by Crippen LogP contribution is -2.49. The summed E-state index contributed by atoms with van der Waals surface area (Å²) >= 11 is 0. The first-order chi connectivity index (χ1) is 19.5. The van der Waals surface area contributed by atoms with E-state index in [9.17, 15) is 9.18 Å². The van der Waals surface area contributed by atoms with Crippen LogP contribution in [0.1, 0.15) is 28.6 Å². The molecule has 0 unspecified atom stereocenters. The predicted octanol–water partition coefficient (Wildman–Crippen LogP) is 3.93. The Morgan fingerprint density at radius 2 is 1.75 bits per heavy atom. The highest BCUT2D eigenvalue weighted by atomic mass is 19.1. The number of nitrogens with zero attached hydrogens (tertiary/aromatic N) is 6. The average Bonchev–Trinajstić information content (AvgIpc) is 3.43. The fraction of sp³-hybridized carbons (Fsp3) is 0.267. The van der Waals surface area contributed by atoms with Gasteiger partial charge in [0.15, 0.2) is 5.82 Å². The van der Waals surface area contributed by atoms with Crippen molar-refractivity contribution in [3.63, 3.8) is 0 Å². The van der Waals surface area contributed by atoms with Crippen molar-refractivity contribution in [3.8, 4) is 5.75 Å². The minimum Gasteiger partial charge on any atom is -0.497 e. The number of benzene rings is 3. The molecule has 0 saturated carbocycles. The van der Waals surface area contributed by atoms with Crippen LogP contribution in [0.4, 0.5) is 10.1 Å². The van der Waals surface area contributed by atoms with Gasteiger partial charge < -0.3 is 14.6 Å². The smallest absolute Gasteiger partial charge is 0.253 e. The Bertz CT molecular complexity index is 1670. The number of halogens is 1. The summed E-state index contributed by atoms with van der Waals surface area (Å²) in [4.78, 5) is 21.2. The van der Waals surface area contributed by atoms with Crippen molar-refractivity contribution < 1.29 is 9.13 Å². The van der Waals surface area contributed by atoms with E-state index in [0.717, 1.165) is 33.5 Å². The predicted molar refractivity (Wildman–Crippen MR) is 151 cm³/mol. The first kappa shape index (κ1) is 25.7. The minimum absolute atomic E-state index is 0.160. The van der Waals surface area contributed by atoms with Crippen LogP contribution in [0.15, 0.2) is 77.6 Å². The average molecular weight is 540 g/mol. The summed E-state index contributed by atoms with van der Waals surface area (Å²) in [6, 6.07) is 21.8. The topological polar surface area (TPSA) is 92.2 Å². The van der Waals surface area contributed by atoms with Gasteiger partial charge in [0.2, 0.25) is 0 Å². The summed E-state index contributed by atoms with van der Waals surface area (Å²) < 4.78 is 20.5. The molecule has 3 aromatic carbocycles. The van der Waals surface area contributed by atoms with E-state index in [0.29, 0.717) is 44.1 Å². The van der Waals surface area contributed by atoms with Crippen LogP contribution in [0.3, 0.4) is 0 Å². The number of ether oxygens (including phenoxy) is 1. The van der Waals surface area contributed by atoms with Gasteiger partial charge in [-0.25, -0.2) is 9.07 Å². The molecular formula is C30H30FN7O2. The maximum atomic E-state index is 13.6. The lowest BCUT2D eigenvalue weighted by Gasteiger charge is -2.39. The molecule has 1 atom stereocenters. The minimum atomic E-state index is -0.461. The molecule has 0 spiro atoms. The number of para-hydroxylation sites is 1. The third-order valence-corrected chi connectivity index (χ3v) is 7.58. The van der Waals surface area contributed by atoms with E-state index in [2.05, 4.69) is 30.3 Å². The number of tetrazole rings is 1. The molecule has 1 fully saturated rings. The molecular weight excluding hydrogens is 509 g/mol. The van der Waals surface area contributed by atoms with E-state index in [4.69, 9.17) is 4.74 Å². The van der Waals surface area contributed by atoms with E-state index in [1.807, 2.05) is 55.5 Å². The quantitative estimate of drug-likeness (QED) is 0.335. The number of rotatable bonds is 7. The Hall–Kier alpha value is -4.57. The van der Waals surface area contributed by atoms with Crippen LogP contribution in [-0.4, -0.2) is 63.4 Å². The SMILES string of the molecule is COc1ccc(Cn2nnnc2[C@@H](c2cc3cccc(C)c3[nH]c2=O)N2CCN(c3ccc(F)cc3)CC2)cc1. The van der Waals surface area contributed by atoms with E-state index >= 15 is 0 Å². The number of hydrogen-bond donors (Lipinski definition) is 1. The van der Waals surface area contributed by atoms with Gasteiger partial charge in [0, 0.05) is 37.4 Å². The zero-order valence-corrected chi connectivity index (χ0v) is 22.4. The first-order valence-electron chi connectivity index (χ1n) is 13.3. The number of fused-ring (bicyclic) bond motifs is 1. The van der Waals surface area contributed by atoms with Crippen molar-refractivity contribution in [2.24, 2.45) is 0 Å². The van der Waals surface area contributed by atoms with Crippen LogP contribution in [0.25, 0.3) is 10.9 Å². The van der Waals surface area contributed by atoms with E-state index in [1.54, 1.807) is 23.9 Å². The molecule has 2 aromatic heterocycles. The van der Waals surface area contributed by atoms with Crippen LogP contribution >= 0.6 is 0 Å². The second-order valence-corrected chi connectivity index (χ2v) is 10.0. The largest absolute Gasteiger partial charge is 0.497 e. The number of aromatic amines is 1.